The van der Waals surface area contributed by atoms with E-state index in [4.69, 9.17) is 4.42 Å². The quantitative estimate of drug-likeness (QED) is 0.142. The summed E-state index contributed by atoms with van der Waals surface area (Å²) >= 11 is 0. The number of aryl methyl sites for hydroxylation is 1. The van der Waals surface area contributed by atoms with E-state index >= 15 is 0 Å². The van der Waals surface area contributed by atoms with Gasteiger partial charge in [-0.15, -0.1) is 6.58 Å². The first-order chi connectivity index (χ1) is 26.2. The molecule has 0 radical (unpaired) electrons. The van der Waals surface area contributed by atoms with E-state index in [1.165, 1.54) is 39.1 Å². The van der Waals surface area contributed by atoms with Gasteiger partial charge in [0.2, 0.25) is 0 Å². The van der Waals surface area contributed by atoms with Crippen LogP contribution in [-0.4, -0.2) is 11.6 Å². The van der Waals surface area contributed by atoms with Crippen LogP contribution in [0.3, 0.4) is 0 Å². The molecule has 0 amide bonds. The van der Waals surface area contributed by atoms with E-state index in [1.807, 2.05) is 19.1 Å². The molecule has 0 saturated heterocycles. The van der Waals surface area contributed by atoms with Crippen molar-refractivity contribution in [1.82, 2.24) is 4.57 Å². The molecule has 3 aliphatic carbocycles. The number of nitrogens with zero attached hydrogens (tertiary/aromatic N) is 2. The molecule has 8 rings (SSSR count). The number of furan rings is 1. The summed E-state index contributed by atoms with van der Waals surface area (Å²) in [5.41, 5.74) is 16.7. The molecule has 3 nitrogen and oxygen atoms in total. The van der Waals surface area contributed by atoms with Crippen LogP contribution in [0.5, 0.6) is 0 Å². The van der Waals surface area contributed by atoms with Crippen molar-refractivity contribution >= 4 is 56.9 Å². The molecule has 54 heavy (non-hydrogen) atoms. The molecule has 5 aromatic rings. The topological polar surface area (TPSA) is 21.3 Å². The summed E-state index contributed by atoms with van der Waals surface area (Å²) in [6, 6.07) is 20.4. The Morgan fingerprint density at radius 3 is 2.56 bits per heavy atom. The molecule has 3 aliphatic rings. The van der Waals surface area contributed by atoms with Crippen LogP contribution in [0.4, 0.5) is 5.69 Å². The highest BCUT2D eigenvalue weighted by Crippen LogP contribution is 2.48. The fourth-order valence-electron chi connectivity index (χ4n) is 8.36. The zero-order chi connectivity index (χ0) is 37.6. The van der Waals surface area contributed by atoms with Gasteiger partial charge in [0, 0.05) is 51.4 Å². The Morgan fingerprint density at radius 1 is 0.944 bits per heavy atom. The number of allylic oxidation sites excluding steroid dienone is 14. The molecule has 2 bridgehead atoms. The first-order valence-electron chi connectivity index (χ1n) is 19.0. The lowest BCUT2D eigenvalue weighted by molar-refractivity contribution is 0.578. The minimum atomic E-state index is -0.0870. The highest BCUT2D eigenvalue weighted by molar-refractivity contribution is 6.05. The van der Waals surface area contributed by atoms with E-state index in [0.29, 0.717) is 0 Å². The maximum atomic E-state index is 6.29. The molecule has 268 valence electrons. The van der Waals surface area contributed by atoms with Gasteiger partial charge in [-0.1, -0.05) is 105 Å². The lowest BCUT2D eigenvalue weighted by Crippen LogP contribution is -2.27. The second-order valence-corrected chi connectivity index (χ2v) is 15.0. The summed E-state index contributed by atoms with van der Waals surface area (Å²) < 4.78 is 8.64. The fraction of sp³-hybridized carbons (Fsp3) is 0.176. The molecular weight excluding hydrogens is 657 g/mol. The number of benzene rings is 3. The molecule has 0 fully saturated rings. The average molecular weight is 705 g/mol. The van der Waals surface area contributed by atoms with Gasteiger partial charge >= 0.3 is 0 Å². The van der Waals surface area contributed by atoms with Crippen molar-refractivity contribution in [2.24, 2.45) is 0 Å². The third-order valence-corrected chi connectivity index (χ3v) is 11.4. The molecule has 2 aromatic heterocycles. The molecular formula is C51H48N2O. The summed E-state index contributed by atoms with van der Waals surface area (Å²) in [7, 11) is 2.17. The molecule has 0 saturated carbocycles. The number of fused-ring (bicyclic) bond motifs is 6. The van der Waals surface area contributed by atoms with Crippen LogP contribution in [-0.2, 0) is 5.41 Å². The van der Waals surface area contributed by atoms with Crippen LogP contribution in [0.15, 0.2) is 150 Å². The zero-order valence-electron chi connectivity index (χ0n) is 32.1. The summed E-state index contributed by atoms with van der Waals surface area (Å²) in [5.74, 6) is 0.910. The normalized spacial score (nSPS) is 16.2. The van der Waals surface area contributed by atoms with E-state index in [0.717, 1.165) is 75.1 Å². The lowest BCUT2D eigenvalue weighted by atomic mass is 9.67. The fourth-order valence-corrected chi connectivity index (χ4v) is 8.36. The van der Waals surface area contributed by atoms with Crippen LogP contribution >= 0.6 is 0 Å². The molecule has 0 atom stereocenters. The number of aromatic nitrogens is 1. The third kappa shape index (κ3) is 5.94. The van der Waals surface area contributed by atoms with Gasteiger partial charge in [0.25, 0.3) is 0 Å². The first-order valence-corrected chi connectivity index (χ1v) is 19.0. The predicted octanol–water partition coefficient (Wildman–Crippen LogP) is 13.9. The van der Waals surface area contributed by atoms with Crippen molar-refractivity contribution in [2.75, 3.05) is 11.9 Å². The van der Waals surface area contributed by atoms with Gasteiger partial charge in [-0.25, -0.2) is 0 Å². The van der Waals surface area contributed by atoms with E-state index in [2.05, 4.69) is 178 Å². The molecule has 0 unspecified atom stereocenters. The van der Waals surface area contributed by atoms with Gasteiger partial charge in [-0.3, -0.25) is 0 Å². The summed E-state index contributed by atoms with van der Waals surface area (Å²) in [6.45, 7) is 16.9. The van der Waals surface area contributed by atoms with Crippen LogP contribution in [0.1, 0.15) is 79.3 Å². The van der Waals surface area contributed by atoms with E-state index in [1.54, 1.807) is 0 Å². The first kappa shape index (κ1) is 35.0. The zero-order valence-corrected chi connectivity index (χ0v) is 32.1. The number of likely N-dealkylation sites (N-methyl/N-ethyl adjacent to an activating group) is 1. The number of anilines is 1. The minimum absolute atomic E-state index is 0.0870. The van der Waals surface area contributed by atoms with Crippen LogP contribution in [0.25, 0.3) is 56.9 Å². The second-order valence-electron chi connectivity index (χ2n) is 15.0. The Labute approximate surface area is 320 Å². The van der Waals surface area contributed by atoms with Gasteiger partial charge in [-0.2, -0.15) is 0 Å². The minimum Gasteiger partial charge on any atom is -0.461 e. The molecule has 0 spiro atoms. The second kappa shape index (κ2) is 14.1. The molecule has 3 aromatic carbocycles. The van der Waals surface area contributed by atoms with Gasteiger partial charge in [-0.05, 0) is 122 Å². The number of rotatable bonds is 9. The number of hydrogen-bond donors (Lipinski definition) is 0. The smallest absolute Gasteiger partial charge is 0.135 e. The maximum absolute atomic E-state index is 6.29. The van der Waals surface area contributed by atoms with E-state index in [9.17, 15) is 0 Å². The summed E-state index contributed by atoms with van der Waals surface area (Å²) in [4.78, 5) is 2.31. The average Bonchev–Trinajstić information content (AvgIpc) is 3.39. The summed E-state index contributed by atoms with van der Waals surface area (Å²) in [5, 5.41) is 2.22. The highest BCUT2D eigenvalue weighted by Gasteiger charge is 2.35. The molecule has 0 N–H and O–H groups in total. The van der Waals surface area contributed by atoms with Crippen molar-refractivity contribution in [2.45, 2.75) is 52.4 Å². The van der Waals surface area contributed by atoms with Crippen molar-refractivity contribution in [1.29, 1.82) is 0 Å². The Balaban J connectivity index is 1.17. The Hall–Kier alpha value is -6.06. The Bertz CT molecular complexity index is 2590. The maximum Gasteiger partial charge on any atom is 0.135 e. The van der Waals surface area contributed by atoms with Crippen molar-refractivity contribution in [3.05, 3.63) is 185 Å². The van der Waals surface area contributed by atoms with Gasteiger partial charge in [0.05, 0.1) is 11.2 Å². The van der Waals surface area contributed by atoms with Crippen molar-refractivity contribution < 1.29 is 4.42 Å². The monoisotopic (exact) mass is 704 g/mol. The number of hydrogen-bond acceptors (Lipinski definition) is 2. The molecule has 2 heterocycles. The van der Waals surface area contributed by atoms with Gasteiger partial charge in [0.15, 0.2) is 0 Å². The van der Waals surface area contributed by atoms with Crippen molar-refractivity contribution in [3.63, 3.8) is 0 Å². The molecule has 3 heteroatoms. The van der Waals surface area contributed by atoms with Crippen LogP contribution < -0.4 is 4.90 Å². The SMILES string of the molecule is C=CC/C=C\c1c(C)oc2cc3c(C=C)c(/C=C\C)n(-c4ccc(N(C)C5=CC=C6CC(=C5)C(C)(C)c5ccc(C7=CCC=CC=C7)cc56)cc4)c3cc12. The van der Waals surface area contributed by atoms with Gasteiger partial charge < -0.3 is 13.9 Å². The van der Waals surface area contributed by atoms with Gasteiger partial charge in [0.1, 0.15) is 11.3 Å². The molecule has 0 aliphatic heterocycles. The Kier molecular flexibility index (Phi) is 9.11. The highest BCUT2D eigenvalue weighted by atomic mass is 16.3. The van der Waals surface area contributed by atoms with Crippen molar-refractivity contribution in [3.8, 4) is 5.69 Å². The Morgan fingerprint density at radius 2 is 1.78 bits per heavy atom. The van der Waals surface area contributed by atoms with Crippen LogP contribution in [0, 0.1) is 6.92 Å². The predicted molar refractivity (Wildman–Crippen MR) is 234 cm³/mol. The van der Waals surface area contributed by atoms with Crippen LogP contribution in [0.2, 0.25) is 0 Å². The van der Waals surface area contributed by atoms with E-state index < -0.39 is 0 Å². The van der Waals surface area contributed by atoms with E-state index in [-0.39, 0.29) is 5.41 Å². The summed E-state index contributed by atoms with van der Waals surface area (Å²) in [6.07, 6.45) is 33.2. The lowest BCUT2D eigenvalue weighted by Gasteiger charge is -2.37. The third-order valence-electron chi connectivity index (χ3n) is 11.4. The standard InChI is InChI=1S/C51H48N2O/c1-8-11-14-20-43-34(4)54-50-33-45-42(10-3)48(17-9-2)53(49(45)32-46(43)50)40-26-24-39(25-27-40)52(7)41-23-21-37-29-38(31-41)51(5,6)47-28-22-36(30-44(37)47)35-18-15-12-13-16-19-35/h8-10,12-15,17-28,30-33H,1,3,11,16,29H2,2,4-7H3/b17-9-,20-14-. The largest absolute Gasteiger partial charge is 0.461 e.